The van der Waals surface area contributed by atoms with Gasteiger partial charge in [-0.3, -0.25) is 4.79 Å². The van der Waals surface area contributed by atoms with Crippen LogP contribution in [0.1, 0.15) is 27.2 Å². The molecule has 5 rings (SSSR count). The SMILES string of the molecule is Cc1ccc(S(=O)(=O)N2CC(=O)c3c(n(S(=O)(=O)c4ccc(C)cc4)c4ccccc34)C2)cc1. The van der Waals surface area contributed by atoms with Gasteiger partial charge < -0.3 is 0 Å². The molecule has 0 atom stereocenters. The van der Waals surface area contributed by atoms with Gasteiger partial charge in [0.05, 0.1) is 39.7 Å². The van der Waals surface area contributed by atoms with Crippen molar-refractivity contribution in [1.82, 2.24) is 8.28 Å². The molecule has 1 aliphatic heterocycles. The molecule has 34 heavy (non-hydrogen) atoms. The van der Waals surface area contributed by atoms with Gasteiger partial charge in [-0.1, -0.05) is 53.6 Å². The highest BCUT2D eigenvalue weighted by atomic mass is 32.2. The Balaban J connectivity index is 1.72. The van der Waals surface area contributed by atoms with Gasteiger partial charge in [0, 0.05) is 5.39 Å². The number of hydrogen-bond acceptors (Lipinski definition) is 5. The highest BCUT2D eigenvalue weighted by Crippen LogP contribution is 2.35. The van der Waals surface area contributed by atoms with Gasteiger partial charge in [0.15, 0.2) is 5.78 Å². The minimum Gasteiger partial charge on any atom is -0.293 e. The first-order valence-electron chi connectivity index (χ1n) is 10.7. The second-order valence-corrected chi connectivity index (χ2v) is 12.2. The number of hydrogen-bond donors (Lipinski definition) is 0. The van der Waals surface area contributed by atoms with Crippen LogP contribution in [-0.2, 0) is 26.6 Å². The van der Waals surface area contributed by atoms with Crippen LogP contribution in [0.15, 0.2) is 82.6 Å². The molecule has 0 amide bonds. The number of fused-ring (bicyclic) bond motifs is 3. The summed E-state index contributed by atoms with van der Waals surface area (Å²) >= 11 is 0. The number of nitrogens with zero attached hydrogens (tertiary/aromatic N) is 2. The lowest BCUT2D eigenvalue weighted by Gasteiger charge is -2.27. The van der Waals surface area contributed by atoms with E-state index in [0.29, 0.717) is 10.9 Å². The van der Waals surface area contributed by atoms with Crippen molar-refractivity contribution in [3.05, 3.63) is 95.2 Å². The van der Waals surface area contributed by atoms with Crippen LogP contribution in [0.5, 0.6) is 0 Å². The van der Waals surface area contributed by atoms with Gasteiger partial charge in [-0.25, -0.2) is 20.8 Å². The normalized spacial score (nSPS) is 14.9. The summed E-state index contributed by atoms with van der Waals surface area (Å²) in [7, 11) is -8.12. The zero-order valence-electron chi connectivity index (χ0n) is 18.6. The van der Waals surface area contributed by atoms with Crippen LogP contribution in [0.4, 0.5) is 0 Å². The van der Waals surface area contributed by atoms with Crippen molar-refractivity contribution < 1.29 is 21.6 Å². The van der Waals surface area contributed by atoms with E-state index in [4.69, 9.17) is 0 Å². The van der Waals surface area contributed by atoms with Crippen molar-refractivity contribution in [1.29, 1.82) is 0 Å². The molecule has 4 aromatic rings. The monoisotopic (exact) mass is 494 g/mol. The molecule has 0 saturated heterocycles. The Kier molecular flexibility index (Phi) is 5.23. The lowest BCUT2D eigenvalue weighted by atomic mass is 10.0. The lowest BCUT2D eigenvalue weighted by molar-refractivity contribution is 0.0950. The second kappa shape index (κ2) is 7.90. The van der Waals surface area contributed by atoms with Crippen molar-refractivity contribution in [2.75, 3.05) is 6.54 Å². The first-order chi connectivity index (χ1) is 16.1. The third kappa shape index (κ3) is 3.48. The van der Waals surface area contributed by atoms with E-state index < -0.39 is 25.8 Å². The van der Waals surface area contributed by atoms with E-state index >= 15 is 0 Å². The summed E-state index contributed by atoms with van der Waals surface area (Å²) in [5.41, 5.74) is 2.55. The number of sulfonamides is 1. The van der Waals surface area contributed by atoms with Crippen LogP contribution in [0.3, 0.4) is 0 Å². The standard InChI is InChI=1S/C25H22N2O5S2/c1-17-7-11-19(12-8-17)33(29,30)26-15-23-25(24(28)16-26)21-5-3-4-6-22(21)27(23)34(31,32)20-13-9-18(2)10-14-20/h3-14H,15-16H2,1-2H3. The third-order valence-corrected chi connectivity index (χ3v) is 9.64. The molecular weight excluding hydrogens is 472 g/mol. The van der Waals surface area contributed by atoms with Crippen LogP contribution in [-0.4, -0.2) is 37.4 Å². The smallest absolute Gasteiger partial charge is 0.268 e. The number of para-hydroxylation sites is 1. The van der Waals surface area contributed by atoms with E-state index in [9.17, 15) is 21.6 Å². The Morgan fingerprint density at radius 3 is 1.79 bits per heavy atom. The number of Topliss-reactive ketones (excluding diaryl/α,β-unsaturated/α-hetero) is 1. The van der Waals surface area contributed by atoms with Crippen LogP contribution in [0, 0.1) is 13.8 Å². The molecule has 0 saturated carbocycles. The Labute approximate surface area is 198 Å². The van der Waals surface area contributed by atoms with Gasteiger partial charge in [0.2, 0.25) is 10.0 Å². The molecule has 1 aliphatic rings. The summed E-state index contributed by atoms with van der Waals surface area (Å²) in [6, 6.07) is 19.5. The van der Waals surface area contributed by atoms with E-state index in [1.54, 1.807) is 48.5 Å². The van der Waals surface area contributed by atoms with Crippen molar-refractivity contribution in [2.45, 2.75) is 30.2 Å². The molecule has 0 aliphatic carbocycles. The Morgan fingerprint density at radius 2 is 1.21 bits per heavy atom. The Hall–Kier alpha value is -3.27. The van der Waals surface area contributed by atoms with Crippen molar-refractivity contribution >= 4 is 36.7 Å². The predicted molar refractivity (Wildman–Crippen MR) is 129 cm³/mol. The molecule has 0 spiro atoms. The molecule has 9 heteroatoms. The van der Waals surface area contributed by atoms with Crippen LogP contribution >= 0.6 is 0 Å². The number of rotatable bonds is 4. The first kappa shape index (κ1) is 22.5. The molecule has 174 valence electrons. The Morgan fingerprint density at radius 1 is 0.676 bits per heavy atom. The van der Waals surface area contributed by atoms with Crippen molar-refractivity contribution in [2.24, 2.45) is 0 Å². The molecular formula is C25H22N2O5S2. The number of ketones is 1. The predicted octanol–water partition coefficient (Wildman–Crippen LogP) is 3.88. The molecule has 3 aromatic carbocycles. The number of benzene rings is 3. The van der Waals surface area contributed by atoms with E-state index in [1.165, 1.54) is 24.3 Å². The second-order valence-electron chi connectivity index (χ2n) is 8.43. The average Bonchev–Trinajstić information content (AvgIpc) is 3.15. The van der Waals surface area contributed by atoms with Gasteiger partial charge >= 0.3 is 0 Å². The maximum atomic E-state index is 13.7. The van der Waals surface area contributed by atoms with Gasteiger partial charge in [-0.05, 0) is 44.2 Å². The summed E-state index contributed by atoms with van der Waals surface area (Å²) < 4.78 is 56.4. The number of carbonyl (C=O) groups excluding carboxylic acids is 1. The van der Waals surface area contributed by atoms with Crippen LogP contribution in [0.2, 0.25) is 0 Å². The van der Waals surface area contributed by atoms with Gasteiger partial charge in [0.1, 0.15) is 0 Å². The topological polar surface area (TPSA) is 93.5 Å². The minimum atomic E-state index is -4.10. The number of carbonyl (C=O) groups is 1. The van der Waals surface area contributed by atoms with E-state index in [2.05, 4.69) is 0 Å². The van der Waals surface area contributed by atoms with Crippen molar-refractivity contribution in [3.8, 4) is 0 Å². The molecule has 0 fully saturated rings. The summed E-state index contributed by atoms with van der Waals surface area (Å²) in [5.74, 6) is -0.439. The fourth-order valence-electron chi connectivity index (χ4n) is 4.30. The Bertz CT molecular complexity index is 1650. The summed E-state index contributed by atoms with van der Waals surface area (Å²) in [6.07, 6.45) is 0. The number of aryl methyl sites for hydroxylation is 2. The van der Waals surface area contributed by atoms with Crippen LogP contribution in [0.25, 0.3) is 10.9 Å². The largest absolute Gasteiger partial charge is 0.293 e. The zero-order valence-corrected chi connectivity index (χ0v) is 20.2. The quantitative estimate of drug-likeness (QED) is 0.429. The minimum absolute atomic E-state index is 0.0541. The highest BCUT2D eigenvalue weighted by molar-refractivity contribution is 7.90. The molecule has 0 bridgehead atoms. The molecule has 0 unspecified atom stereocenters. The first-order valence-corrected chi connectivity index (χ1v) is 13.5. The van der Waals surface area contributed by atoms with E-state index in [1.807, 2.05) is 13.8 Å². The number of aromatic nitrogens is 1. The molecule has 0 N–H and O–H groups in total. The highest BCUT2D eigenvalue weighted by Gasteiger charge is 2.38. The third-order valence-electron chi connectivity index (χ3n) is 6.07. The molecule has 1 aromatic heterocycles. The van der Waals surface area contributed by atoms with E-state index in [-0.39, 0.29) is 34.1 Å². The fourth-order valence-corrected chi connectivity index (χ4v) is 7.21. The van der Waals surface area contributed by atoms with E-state index in [0.717, 1.165) is 19.4 Å². The van der Waals surface area contributed by atoms with Gasteiger partial charge in [0.25, 0.3) is 10.0 Å². The molecule has 0 radical (unpaired) electrons. The average molecular weight is 495 g/mol. The molecule has 2 heterocycles. The van der Waals surface area contributed by atoms with Gasteiger partial charge in [-0.15, -0.1) is 0 Å². The fraction of sp³-hybridized carbons (Fsp3) is 0.160. The summed E-state index contributed by atoms with van der Waals surface area (Å²) in [6.45, 7) is 3.11. The maximum absolute atomic E-state index is 13.7. The zero-order chi connectivity index (χ0) is 24.3. The summed E-state index contributed by atoms with van der Waals surface area (Å²) in [5, 5.41) is 0.491. The van der Waals surface area contributed by atoms with Crippen LogP contribution < -0.4 is 0 Å². The maximum Gasteiger partial charge on any atom is 0.268 e. The molecule has 7 nitrogen and oxygen atoms in total. The summed E-state index contributed by atoms with van der Waals surface area (Å²) in [4.78, 5) is 13.4. The lowest BCUT2D eigenvalue weighted by Crippen LogP contribution is -2.40. The van der Waals surface area contributed by atoms with Crippen molar-refractivity contribution in [3.63, 3.8) is 0 Å². The van der Waals surface area contributed by atoms with Gasteiger partial charge in [-0.2, -0.15) is 4.31 Å².